The van der Waals surface area contributed by atoms with Crippen LogP contribution in [0.25, 0.3) is 0 Å². The summed E-state index contributed by atoms with van der Waals surface area (Å²) in [4.78, 5) is 21.6. The van der Waals surface area contributed by atoms with E-state index >= 15 is 0 Å². The van der Waals surface area contributed by atoms with Crippen molar-refractivity contribution < 1.29 is 14.7 Å². The van der Waals surface area contributed by atoms with Crippen molar-refractivity contribution in [2.45, 2.75) is 13.0 Å². The number of carbonyl (C=O) groups is 2. The molecular formula is C10H12N2O3. The molecule has 0 aliphatic heterocycles. The lowest BCUT2D eigenvalue weighted by Gasteiger charge is -2.08. The Morgan fingerprint density at radius 3 is 2.33 bits per heavy atom. The molecule has 15 heavy (non-hydrogen) atoms. The van der Waals surface area contributed by atoms with Crippen LogP contribution in [0.2, 0.25) is 0 Å². The van der Waals surface area contributed by atoms with Gasteiger partial charge in [-0.1, -0.05) is 17.7 Å². The molecule has 0 radical (unpaired) electrons. The number of hydrogen-bond donors (Lipinski definition) is 3. The number of aliphatic carboxylic acids is 1. The zero-order valence-corrected chi connectivity index (χ0v) is 8.23. The Bertz CT molecular complexity index is 373. The van der Waals surface area contributed by atoms with Crippen LogP contribution < -0.4 is 11.1 Å². The van der Waals surface area contributed by atoms with Gasteiger partial charge in [0.05, 0.1) is 0 Å². The van der Waals surface area contributed by atoms with Crippen molar-refractivity contribution in [2.75, 3.05) is 5.32 Å². The number of aryl methyl sites for hydroxylation is 1. The number of benzene rings is 1. The highest BCUT2D eigenvalue weighted by Gasteiger charge is 2.20. The third-order valence-electron chi connectivity index (χ3n) is 1.87. The fraction of sp³-hybridized carbons (Fsp3) is 0.200. The molecule has 0 heterocycles. The number of carbonyl (C=O) groups excluding carboxylic acids is 1. The molecule has 1 aromatic rings. The molecule has 0 aliphatic carbocycles. The topological polar surface area (TPSA) is 92.4 Å². The second kappa shape index (κ2) is 4.56. The summed E-state index contributed by atoms with van der Waals surface area (Å²) in [5, 5.41) is 10.9. The SMILES string of the molecule is Cc1ccc(NC(=O)C(N)C(=O)O)cc1. The number of carboxylic acid groups (broad SMARTS) is 1. The van der Waals surface area contributed by atoms with Crippen LogP contribution in [0, 0.1) is 6.92 Å². The first-order valence-electron chi connectivity index (χ1n) is 4.36. The van der Waals surface area contributed by atoms with Crippen molar-refractivity contribution in [1.29, 1.82) is 0 Å². The van der Waals surface area contributed by atoms with E-state index in [1.165, 1.54) is 0 Å². The molecule has 0 bridgehead atoms. The first-order valence-corrected chi connectivity index (χ1v) is 4.36. The standard InChI is InChI=1S/C10H12N2O3/c1-6-2-4-7(5-3-6)12-9(13)8(11)10(14)15/h2-5,8H,11H2,1H3,(H,12,13)(H,14,15). The van der Waals surface area contributed by atoms with Crippen molar-refractivity contribution >= 4 is 17.6 Å². The van der Waals surface area contributed by atoms with Crippen molar-refractivity contribution in [2.24, 2.45) is 5.73 Å². The van der Waals surface area contributed by atoms with Crippen LogP contribution in [0.4, 0.5) is 5.69 Å². The molecule has 4 N–H and O–H groups in total. The van der Waals surface area contributed by atoms with E-state index in [4.69, 9.17) is 10.8 Å². The molecule has 80 valence electrons. The van der Waals surface area contributed by atoms with Crippen LogP contribution in [-0.2, 0) is 9.59 Å². The number of nitrogens with two attached hydrogens (primary N) is 1. The van der Waals surface area contributed by atoms with Crippen molar-refractivity contribution in [3.8, 4) is 0 Å². The predicted octanol–water partition coefficient (Wildman–Crippen LogP) is 0.345. The van der Waals surface area contributed by atoms with Gasteiger partial charge in [-0.05, 0) is 19.1 Å². The van der Waals surface area contributed by atoms with Crippen LogP contribution >= 0.6 is 0 Å². The predicted molar refractivity (Wildman–Crippen MR) is 55.4 cm³/mol. The third kappa shape index (κ3) is 3.07. The van der Waals surface area contributed by atoms with E-state index in [0.29, 0.717) is 5.69 Å². The van der Waals surface area contributed by atoms with Gasteiger partial charge in [-0.25, -0.2) is 4.79 Å². The smallest absolute Gasteiger partial charge is 0.330 e. The lowest BCUT2D eigenvalue weighted by atomic mass is 10.2. The molecule has 0 aromatic heterocycles. The van der Waals surface area contributed by atoms with E-state index in [-0.39, 0.29) is 0 Å². The number of rotatable bonds is 3. The van der Waals surface area contributed by atoms with Gasteiger partial charge in [0, 0.05) is 5.69 Å². The third-order valence-corrected chi connectivity index (χ3v) is 1.87. The highest BCUT2D eigenvalue weighted by molar-refractivity contribution is 6.07. The van der Waals surface area contributed by atoms with Gasteiger partial charge in [0.1, 0.15) is 0 Å². The van der Waals surface area contributed by atoms with E-state index in [1.807, 2.05) is 19.1 Å². The maximum Gasteiger partial charge on any atom is 0.330 e. The minimum Gasteiger partial charge on any atom is -0.480 e. The molecule has 5 nitrogen and oxygen atoms in total. The van der Waals surface area contributed by atoms with Gasteiger partial charge in [0.15, 0.2) is 6.04 Å². The Hall–Kier alpha value is -1.88. The molecule has 1 atom stereocenters. The summed E-state index contributed by atoms with van der Waals surface area (Å²) in [6.45, 7) is 1.91. The van der Waals surface area contributed by atoms with Gasteiger partial charge in [-0.2, -0.15) is 0 Å². The van der Waals surface area contributed by atoms with Gasteiger partial charge in [0.25, 0.3) is 5.91 Å². The van der Waals surface area contributed by atoms with E-state index < -0.39 is 17.9 Å². The van der Waals surface area contributed by atoms with Crippen LogP contribution in [0.1, 0.15) is 5.56 Å². The molecule has 0 aliphatic rings. The summed E-state index contributed by atoms with van der Waals surface area (Å²) in [6, 6.07) is 5.44. The van der Waals surface area contributed by atoms with Gasteiger partial charge in [0.2, 0.25) is 0 Å². The van der Waals surface area contributed by atoms with E-state index in [9.17, 15) is 9.59 Å². The fourth-order valence-electron chi connectivity index (χ4n) is 0.969. The lowest BCUT2D eigenvalue weighted by molar-refractivity contribution is -0.141. The number of amides is 1. The summed E-state index contributed by atoms with van der Waals surface area (Å²) in [6.07, 6.45) is 0. The molecular weight excluding hydrogens is 196 g/mol. The van der Waals surface area contributed by atoms with Crippen molar-refractivity contribution in [1.82, 2.24) is 0 Å². The van der Waals surface area contributed by atoms with Crippen LogP contribution in [0.15, 0.2) is 24.3 Å². The maximum absolute atomic E-state index is 11.2. The fourth-order valence-corrected chi connectivity index (χ4v) is 0.969. The Morgan fingerprint density at radius 2 is 1.87 bits per heavy atom. The molecule has 0 saturated carbocycles. The number of nitrogens with one attached hydrogen (secondary N) is 1. The molecule has 0 fully saturated rings. The van der Waals surface area contributed by atoms with Crippen molar-refractivity contribution in [3.63, 3.8) is 0 Å². The van der Waals surface area contributed by atoms with Crippen LogP contribution in [-0.4, -0.2) is 23.0 Å². The Kier molecular flexibility index (Phi) is 3.41. The Labute approximate surface area is 86.9 Å². The van der Waals surface area contributed by atoms with Crippen molar-refractivity contribution in [3.05, 3.63) is 29.8 Å². The zero-order chi connectivity index (χ0) is 11.4. The van der Waals surface area contributed by atoms with Crippen LogP contribution in [0.3, 0.4) is 0 Å². The Balaban J connectivity index is 2.66. The second-order valence-electron chi connectivity index (χ2n) is 3.17. The first kappa shape index (κ1) is 11.2. The highest BCUT2D eigenvalue weighted by Crippen LogP contribution is 2.08. The normalized spacial score (nSPS) is 11.9. The molecule has 5 heteroatoms. The van der Waals surface area contributed by atoms with Crippen LogP contribution in [0.5, 0.6) is 0 Å². The summed E-state index contributed by atoms with van der Waals surface area (Å²) < 4.78 is 0. The monoisotopic (exact) mass is 208 g/mol. The molecule has 1 amide bonds. The minimum atomic E-state index is -1.54. The molecule has 0 spiro atoms. The average Bonchev–Trinajstić information content (AvgIpc) is 2.20. The summed E-state index contributed by atoms with van der Waals surface area (Å²) >= 11 is 0. The lowest BCUT2D eigenvalue weighted by Crippen LogP contribution is -2.42. The number of hydrogen-bond acceptors (Lipinski definition) is 3. The second-order valence-corrected chi connectivity index (χ2v) is 3.17. The largest absolute Gasteiger partial charge is 0.480 e. The van der Waals surface area contributed by atoms with Gasteiger partial charge in [-0.15, -0.1) is 0 Å². The first-order chi connectivity index (χ1) is 7.00. The van der Waals surface area contributed by atoms with E-state index in [2.05, 4.69) is 5.32 Å². The number of anilines is 1. The molecule has 1 unspecified atom stereocenters. The number of carboxylic acids is 1. The Morgan fingerprint density at radius 1 is 1.33 bits per heavy atom. The summed E-state index contributed by atoms with van der Waals surface area (Å²) in [5.41, 5.74) is 6.71. The quantitative estimate of drug-likeness (QED) is 0.625. The summed E-state index contributed by atoms with van der Waals surface area (Å²) in [7, 11) is 0. The van der Waals surface area contributed by atoms with Gasteiger partial charge in [-0.3, -0.25) is 4.79 Å². The molecule has 1 rings (SSSR count). The molecule has 1 aromatic carbocycles. The minimum absolute atomic E-state index is 0.530. The highest BCUT2D eigenvalue weighted by atomic mass is 16.4. The van der Waals surface area contributed by atoms with E-state index in [1.54, 1.807) is 12.1 Å². The average molecular weight is 208 g/mol. The zero-order valence-electron chi connectivity index (χ0n) is 8.23. The van der Waals surface area contributed by atoms with E-state index in [0.717, 1.165) is 5.56 Å². The summed E-state index contributed by atoms with van der Waals surface area (Å²) in [5.74, 6) is -2.08. The maximum atomic E-state index is 11.2. The van der Waals surface area contributed by atoms with Gasteiger partial charge >= 0.3 is 5.97 Å². The van der Waals surface area contributed by atoms with Gasteiger partial charge < -0.3 is 16.2 Å². The molecule has 0 saturated heterocycles.